The second-order valence-corrected chi connectivity index (χ2v) is 7.27. The van der Waals surface area contributed by atoms with Gasteiger partial charge in [-0.05, 0) is 55.7 Å². The minimum absolute atomic E-state index is 0.0875. The van der Waals surface area contributed by atoms with Crippen molar-refractivity contribution in [2.75, 3.05) is 4.31 Å². The van der Waals surface area contributed by atoms with Crippen molar-refractivity contribution in [3.8, 4) is 6.07 Å². The summed E-state index contributed by atoms with van der Waals surface area (Å²) in [6.07, 6.45) is 1.68. The van der Waals surface area contributed by atoms with Crippen molar-refractivity contribution in [2.45, 2.75) is 30.7 Å². The van der Waals surface area contributed by atoms with Gasteiger partial charge in [0.1, 0.15) is 0 Å². The summed E-state index contributed by atoms with van der Waals surface area (Å²) in [6, 6.07) is 15.6. The van der Waals surface area contributed by atoms with Crippen molar-refractivity contribution in [2.24, 2.45) is 0 Å². The molecule has 0 bridgehead atoms. The number of hydrogen-bond acceptors (Lipinski definition) is 3. The summed E-state index contributed by atoms with van der Waals surface area (Å²) in [5.41, 5.74) is 2.26. The minimum Gasteiger partial charge on any atom is -0.263 e. The topological polar surface area (TPSA) is 61.2 Å². The molecule has 2 aromatic carbocycles. The van der Waals surface area contributed by atoms with Gasteiger partial charge in [0.25, 0.3) is 10.0 Å². The molecule has 3 rings (SSSR count). The van der Waals surface area contributed by atoms with Gasteiger partial charge in [0.2, 0.25) is 0 Å². The number of para-hydroxylation sites is 1. The van der Waals surface area contributed by atoms with Crippen LogP contribution in [-0.4, -0.2) is 14.5 Å². The van der Waals surface area contributed by atoms with Gasteiger partial charge in [0.15, 0.2) is 0 Å². The Hall–Kier alpha value is -2.32. The van der Waals surface area contributed by atoms with E-state index >= 15 is 0 Å². The summed E-state index contributed by atoms with van der Waals surface area (Å²) in [6.45, 7) is 1.93. The molecule has 1 aliphatic rings. The predicted octanol–water partition coefficient (Wildman–Crippen LogP) is 3.09. The molecule has 0 fully saturated rings. The number of benzene rings is 2. The molecule has 112 valence electrons. The Balaban J connectivity index is 2.10. The molecule has 0 N–H and O–H groups in total. The Morgan fingerprint density at radius 1 is 1.14 bits per heavy atom. The monoisotopic (exact) mass is 312 g/mol. The molecule has 1 heterocycles. The Morgan fingerprint density at radius 3 is 2.50 bits per heavy atom. The molecular weight excluding hydrogens is 296 g/mol. The third kappa shape index (κ3) is 2.36. The second kappa shape index (κ2) is 5.47. The highest BCUT2D eigenvalue weighted by Gasteiger charge is 2.33. The van der Waals surface area contributed by atoms with Crippen LogP contribution in [0.25, 0.3) is 0 Å². The predicted molar refractivity (Wildman–Crippen MR) is 85.0 cm³/mol. The van der Waals surface area contributed by atoms with Crippen molar-refractivity contribution in [1.82, 2.24) is 0 Å². The molecule has 0 amide bonds. The highest BCUT2D eigenvalue weighted by Crippen LogP contribution is 2.35. The molecule has 5 heteroatoms. The Bertz CT molecular complexity index is 836. The summed E-state index contributed by atoms with van der Waals surface area (Å²) in [5.74, 6) is 0. The Morgan fingerprint density at radius 2 is 1.82 bits per heavy atom. The number of fused-ring (bicyclic) bond motifs is 1. The lowest BCUT2D eigenvalue weighted by Gasteiger charge is -2.36. The molecule has 0 saturated heterocycles. The highest BCUT2D eigenvalue weighted by molar-refractivity contribution is 7.92. The summed E-state index contributed by atoms with van der Waals surface area (Å²) in [5, 5.41) is 8.84. The lowest BCUT2D eigenvalue weighted by Crippen LogP contribution is -2.42. The quantitative estimate of drug-likeness (QED) is 0.856. The van der Waals surface area contributed by atoms with E-state index < -0.39 is 10.0 Å². The van der Waals surface area contributed by atoms with Crippen LogP contribution in [0.5, 0.6) is 0 Å². The fraction of sp³-hybridized carbons (Fsp3) is 0.235. The van der Waals surface area contributed by atoms with Crippen molar-refractivity contribution in [3.63, 3.8) is 0 Å². The second-order valence-electron chi connectivity index (χ2n) is 5.45. The van der Waals surface area contributed by atoms with E-state index in [1.54, 1.807) is 0 Å². The van der Waals surface area contributed by atoms with Crippen LogP contribution in [0.2, 0.25) is 0 Å². The smallest absolute Gasteiger partial charge is 0.263 e. The Labute approximate surface area is 130 Å². The number of rotatable bonds is 2. The van der Waals surface area contributed by atoms with Crippen molar-refractivity contribution in [3.05, 3.63) is 59.7 Å². The van der Waals surface area contributed by atoms with Gasteiger partial charge in [-0.1, -0.05) is 18.2 Å². The molecule has 0 unspecified atom stereocenters. The highest BCUT2D eigenvalue weighted by atomic mass is 32.2. The van der Waals surface area contributed by atoms with Crippen LogP contribution >= 0.6 is 0 Å². The Kier molecular flexibility index (Phi) is 3.63. The molecule has 22 heavy (non-hydrogen) atoms. The van der Waals surface area contributed by atoms with E-state index in [1.165, 1.54) is 28.6 Å². The maximum Gasteiger partial charge on any atom is 0.264 e. The lowest BCUT2D eigenvalue weighted by molar-refractivity contribution is 0.563. The molecule has 0 radical (unpaired) electrons. The minimum atomic E-state index is -3.63. The van der Waals surface area contributed by atoms with E-state index in [2.05, 4.69) is 0 Å². The SMILES string of the molecule is C[C@H]1CCc2ccccc2N1S(=O)(=O)c1ccc(C#N)cc1. The van der Waals surface area contributed by atoms with Gasteiger partial charge >= 0.3 is 0 Å². The van der Waals surface area contributed by atoms with Crippen molar-refractivity contribution in [1.29, 1.82) is 5.26 Å². The third-order valence-corrected chi connectivity index (χ3v) is 5.94. The van der Waals surface area contributed by atoms with Crippen molar-refractivity contribution < 1.29 is 8.42 Å². The van der Waals surface area contributed by atoms with Gasteiger partial charge in [-0.25, -0.2) is 8.42 Å². The fourth-order valence-electron chi connectivity index (χ4n) is 2.84. The van der Waals surface area contributed by atoms with Crippen LogP contribution in [-0.2, 0) is 16.4 Å². The number of aryl methyl sites for hydroxylation is 1. The lowest BCUT2D eigenvalue weighted by atomic mass is 9.99. The average Bonchev–Trinajstić information content (AvgIpc) is 2.54. The third-order valence-electron chi connectivity index (χ3n) is 4.00. The number of anilines is 1. The standard InChI is InChI=1S/C17H16N2O2S/c1-13-6-9-15-4-2-3-5-17(15)19(13)22(20,21)16-10-7-14(12-18)8-11-16/h2-5,7-8,10-11,13H,6,9H2,1H3/t13-/m0/s1. The molecule has 0 aliphatic carbocycles. The zero-order valence-corrected chi connectivity index (χ0v) is 13.0. The summed E-state index contributed by atoms with van der Waals surface area (Å²) >= 11 is 0. The number of nitriles is 1. The first-order chi connectivity index (χ1) is 10.5. The van der Waals surface area contributed by atoms with Gasteiger partial charge in [-0.3, -0.25) is 4.31 Å². The molecule has 1 atom stereocenters. The van der Waals surface area contributed by atoms with Crippen LogP contribution in [0.3, 0.4) is 0 Å². The molecule has 1 aliphatic heterocycles. The normalized spacial score (nSPS) is 17.6. The van der Waals surface area contributed by atoms with E-state index in [9.17, 15) is 8.42 Å². The van der Waals surface area contributed by atoms with Crippen LogP contribution < -0.4 is 4.31 Å². The van der Waals surface area contributed by atoms with Gasteiger partial charge < -0.3 is 0 Å². The number of nitrogens with zero attached hydrogens (tertiary/aromatic N) is 2. The van der Waals surface area contributed by atoms with E-state index in [1.807, 2.05) is 37.3 Å². The van der Waals surface area contributed by atoms with Gasteiger partial charge in [0.05, 0.1) is 22.2 Å². The van der Waals surface area contributed by atoms with E-state index in [4.69, 9.17) is 5.26 Å². The average molecular weight is 312 g/mol. The first kappa shape index (κ1) is 14.6. The molecule has 0 saturated carbocycles. The molecular formula is C17H16N2O2S. The van der Waals surface area contributed by atoms with E-state index in [0.29, 0.717) is 5.56 Å². The van der Waals surface area contributed by atoms with Gasteiger partial charge in [-0.15, -0.1) is 0 Å². The first-order valence-corrected chi connectivity index (χ1v) is 8.60. The fourth-order valence-corrected chi connectivity index (χ4v) is 4.56. The summed E-state index contributed by atoms with van der Waals surface area (Å²) in [4.78, 5) is 0.218. The van der Waals surface area contributed by atoms with Gasteiger partial charge in [-0.2, -0.15) is 5.26 Å². The number of sulfonamides is 1. The van der Waals surface area contributed by atoms with Crippen LogP contribution in [0.1, 0.15) is 24.5 Å². The van der Waals surface area contributed by atoms with Crippen molar-refractivity contribution >= 4 is 15.7 Å². The summed E-state index contributed by atoms with van der Waals surface area (Å²) in [7, 11) is -3.63. The van der Waals surface area contributed by atoms with E-state index in [-0.39, 0.29) is 10.9 Å². The van der Waals surface area contributed by atoms with Gasteiger partial charge in [0, 0.05) is 6.04 Å². The molecule has 4 nitrogen and oxygen atoms in total. The number of hydrogen-bond donors (Lipinski definition) is 0. The molecule has 0 aromatic heterocycles. The largest absolute Gasteiger partial charge is 0.264 e. The van der Waals surface area contributed by atoms with Crippen LogP contribution in [0.15, 0.2) is 53.4 Å². The van der Waals surface area contributed by atoms with Crippen LogP contribution in [0, 0.1) is 11.3 Å². The maximum absolute atomic E-state index is 13.0. The first-order valence-electron chi connectivity index (χ1n) is 7.16. The maximum atomic E-state index is 13.0. The summed E-state index contributed by atoms with van der Waals surface area (Å²) < 4.78 is 27.5. The zero-order valence-electron chi connectivity index (χ0n) is 12.2. The zero-order chi connectivity index (χ0) is 15.7. The molecule has 0 spiro atoms. The van der Waals surface area contributed by atoms with E-state index in [0.717, 1.165) is 24.1 Å². The van der Waals surface area contributed by atoms with Crippen LogP contribution in [0.4, 0.5) is 5.69 Å². The molecule has 2 aromatic rings.